The number of ether oxygens (including phenoxy) is 1. The van der Waals surface area contributed by atoms with E-state index in [2.05, 4.69) is 32.7 Å². The zero-order valence-electron chi connectivity index (χ0n) is 20.3. The van der Waals surface area contributed by atoms with Gasteiger partial charge in [-0.2, -0.15) is 4.98 Å². The summed E-state index contributed by atoms with van der Waals surface area (Å²) < 4.78 is 10.9. The predicted molar refractivity (Wildman–Crippen MR) is 136 cm³/mol. The van der Waals surface area contributed by atoms with Crippen LogP contribution in [0.5, 0.6) is 0 Å². The number of benzene rings is 1. The molecule has 9 heteroatoms. The Kier molecular flexibility index (Phi) is 8.91. The van der Waals surface area contributed by atoms with Gasteiger partial charge < -0.3 is 29.8 Å². The second-order valence-corrected chi connectivity index (χ2v) is 8.94. The maximum Gasteiger partial charge on any atom is 0.326 e. The van der Waals surface area contributed by atoms with Crippen molar-refractivity contribution in [1.29, 1.82) is 0 Å². The zero-order chi connectivity index (χ0) is 24.5. The lowest BCUT2D eigenvalue weighted by atomic mass is 10.1. The van der Waals surface area contributed by atoms with Crippen LogP contribution < -0.4 is 10.6 Å². The molecule has 0 amide bonds. The fraction of sp³-hybridized carbons (Fsp3) is 0.500. The monoisotopic (exact) mass is 481 g/mol. The molecule has 0 saturated heterocycles. The highest BCUT2D eigenvalue weighted by molar-refractivity contribution is 5.78. The number of carboxylic acids is 1. The van der Waals surface area contributed by atoms with Crippen molar-refractivity contribution in [2.75, 3.05) is 50.5 Å². The van der Waals surface area contributed by atoms with Gasteiger partial charge in [0.2, 0.25) is 0 Å². The molecule has 4 rings (SSSR count). The van der Waals surface area contributed by atoms with E-state index in [4.69, 9.17) is 14.1 Å². The average molecular weight is 482 g/mol. The Bertz CT molecular complexity index is 1070. The highest BCUT2D eigenvalue weighted by atomic mass is 16.5. The number of carboxylic acid groups (broad SMARTS) is 1. The molecule has 3 aromatic rings. The van der Waals surface area contributed by atoms with Crippen LogP contribution in [0.2, 0.25) is 0 Å². The lowest BCUT2D eigenvalue weighted by Gasteiger charge is -2.24. The van der Waals surface area contributed by atoms with Crippen LogP contribution in [-0.2, 0) is 22.4 Å². The molecule has 0 radical (unpaired) electrons. The number of fused-ring (bicyclic) bond motifs is 2. The first-order chi connectivity index (χ1) is 17.1. The van der Waals surface area contributed by atoms with Crippen molar-refractivity contribution < 1.29 is 19.1 Å². The third-order valence-electron chi connectivity index (χ3n) is 6.34. The van der Waals surface area contributed by atoms with Gasteiger partial charge in [0.15, 0.2) is 5.58 Å². The highest BCUT2D eigenvalue weighted by Gasteiger charge is 2.21. The van der Waals surface area contributed by atoms with E-state index in [1.165, 1.54) is 12.0 Å². The number of oxazole rings is 1. The van der Waals surface area contributed by atoms with Gasteiger partial charge in [0.25, 0.3) is 6.01 Å². The van der Waals surface area contributed by atoms with Crippen molar-refractivity contribution in [2.24, 2.45) is 0 Å². The first-order valence-corrected chi connectivity index (χ1v) is 12.4. The van der Waals surface area contributed by atoms with E-state index in [-0.39, 0.29) is 6.01 Å². The van der Waals surface area contributed by atoms with Crippen LogP contribution in [0.15, 0.2) is 40.8 Å². The molecule has 0 spiro atoms. The molecule has 3 N–H and O–H groups in total. The molecule has 1 atom stereocenters. The lowest BCUT2D eigenvalue weighted by Crippen LogP contribution is -2.36. The average Bonchev–Trinajstić information content (AvgIpc) is 3.29. The molecule has 0 fully saturated rings. The number of unbranched alkanes of at least 4 members (excludes halogenated alkanes) is 1. The quantitative estimate of drug-likeness (QED) is 0.296. The van der Waals surface area contributed by atoms with Crippen LogP contribution in [0.1, 0.15) is 36.9 Å². The molecular formula is C26H35N5O4. The lowest BCUT2D eigenvalue weighted by molar-refractivity contribution is -0.138. The molecule has 188 valence electrons. The summed E-state index contributed by atoms with van der Waals surface area (Å²) in [5.74, 6) is 0.118. The van der Waals surface area contributed by atoms with Crippen LogP contribution >= 0.6 is 0 Å². The van der Waals surface area contributed by atoms with E-state index >= 15 is 0 Å². The number of rotatable bonds is 14. The summed E-state index contributed by atoms with van der Waals surface area (Å²) in [5, 5.41) is 16.1. The number of aromatic nitrogens is 2. The van der Waals surface area contributed by atoms with Crippen molar-refractivity contribution in [3.05, 3.63) is 47.7 Å². The Labute approximate surface area is 205 Å². The number of anilines is 2. The van der Waals surface area contributed by atoms with Crippen LogP contribution in [0, 0.1) is 0 Å². The maximum absolute atomic E-state index is 11.9. The van der Waals surface area contributed by atoms with E-state index in [9.17, 15) is 9.90 Å². The van der Waals surface area contributed by atoms with Crippen molar-refractivity contribution in [3.8, 4) is 0 Å². The number of methoxy groups -OCH3 is 1. The molecule has 1 aliphatic rings. The minimum Gasteiger partial charge on any atom is -0.480 e. The van der Waals surface area contributed by atoms with Crippen LogP contribution in [-0.4, -0.2) is 71.9 Å². The number of carbonyl (C=O) groups is 1. The SMILES string of the molecule is COCCN(CCCCc1ccc2c(n1)NCCC2)CC[C@H](Nc1nc2ccccc2o1)C(=O)O. The largest absolute Gasteiger partial charge is 0.480 e. The molecule has 2 aromatic heterocycles. The molecule has 1 aliphatic heterocycles. The first-order valence-electron chi connectivity index (χ1n) is 12.4. The van der Waals surface area contributed by atoms with Gasteiger partial charge in [-0.1, -0.05) is 18.2 Å². The molecule has 9 nitrogen and oxygen atoms in total. The number of nitrogens with one attached hydrogen (secondary N) is 2. The van der Waals surface area contributed by atoms with Gasteiger partial charge in [-0.15, -0.1) is 0 Å². The molecule has 1 aromatic carbocycles. The summed E-state index contributed by atoms with van der Waals surface area (Å²) in [6.45, 7) is 3.87. The topological polar surface area (TPSA) is 113 Å². The number of aryl methyl sites for hydroxylation is 2. The summed E-state index contributed by atoms with van der Waals surface area (Å²) in [5.41, 5.74) is 3.76. The molecular weight excluding hydrogens is 446 g/mol. The number of pyridine rings is 1. The van der Waals surface area contributed by atoms with Gasteiger partial charge in [0.1, 0.15) is 17.4 Å². The minimum absolute atomic E-state index is 0.231. The Morgan fingerprint density at radius 1 is 1.20 bits per heavy atom. The second-order valence-electron chi connectivity index (χ2n) is 8.94. The van der Waals surface area contributed by atoms with Gasteiger partial charge in [-0.05, 0) is 68.8 Å². The van der Waals surface area contributed by atoms with Gasteiger partial charge in [0.05, 0.1) is 6.61 Å². The summed E-state index contributed by atoms with van der Waals surface area (Å²) in [6, 6.07) is 11.2. The smallest absolute Gasteiger partial charge is 0.326 e. The van der Waals surface area contributed by atoms with E-state index < -0.39 is 12.0 Å². The van der Waals surface area contributed by atoms with Gasteiger partial charge in [-0.3, -0.25) is 0 Å². The number of aliphatic carboxylic acids is 1. The van der Waals surface area contributed by atoms with Crippen molar-refractivity contribution in [3.63, 3.8) is 0 Å². The number of hydrogen-bond acceptors (Lipinski definition) is 8. The van der Waals surface area contributed by atoms with Crippen molar-refractivity contribution in [2.45, 2.75) is 44.6 Å². The highest BCUT2D eigenvalue weighted by Crippen LogP contribution is 2.21. The fourth-order valence-electron chi connectivity index (χ4n) is 4.36. The van der Waals surface area contributed by atoms with Crippen molar-refractivity contribution in [1.82, 2.24) is 14.9 Å². The number of nitrogens with zero attached hydrogens (tertiary/aromatic N) is 3. The van der Waals surface area contributed by atoms with E-state index in [0.29, 0.717) is 30.7 Å². The Hall–Kier alpha value is -3.17. The maximum atomic E-state index is 11.9. The molecule has 0 unspecified atom stereocenters. The summed E-state index contributed by atoms with van der Waals surface area (Å²) in [4.78, 5) is 23.3. The summed E-state index contributed by atoms with van der Waals surface area (Å²) >= 11 is 0. The normalized spacial score (nSPS) is 14.0. The Balaban J connectivity index is 1.26. The molecule has 3 heterocycles. The van der Waals surface area contributed by atoms with Gasteiger partial charge >= 0.3 is 5.97 Å². The minimum atomic E-state index is -0.925. The molecule has 0 bridgehead atoms. The van der Waals surface area contributed by atoms with Crippen LogP contribution in [0.4, 0.5) is 11.8 Å². The molecule has 0 aliphatic carbocycles. The predicted octanol–water partition coefficient (Wildman–Crippen LogP) is 3.81. The Morgan fingerprint density at radius 2 is 2.09 bits per heavy atom. The number of hydrogen-bond donors (Lipinski definition) is 3. The van der Waals surface area contributed by atoms with E-state index in [1.54, 1.807) is 7.11 Å². The van der Waals surface area contributed by atoms with E-state index in [1.807, 2.05) is 24.3 Å². The van der Waals surface area contributed by atoms with Crippen LogP contribution in [0.25, 0.3) is 11.1 Å². The van der Waals surface area contributed by atoms with E-state index in [0.717, 1.165) is 56.8 Å². The first kappa shape index (κ1) is 24.9. The summed E-state index contributed by atoms with van der Waals surface area (Å²) in [7, 11) is 1.68. The second kappa shape index (κ2) is 12.5. The number of para-hydroxylation sites is 2. The van der Waals surface area contributed by atoms with Crippen molar-refractivity contribution >= 4 is 28.9 Å². The van der Waals surface area contributed by atoms with Crippen LogP contribution in [0.3, 0.4) is 0 Å². The third-order valence-corrected chi connectivity index (χ3v) is 6.34. The molecule has 35 heavy (non-hydrogen) atoms. The third kappa shape index (κ3) is 7.16. The van der Waals surface area contributed by atoms with Gasteiger partial charge in [0, 0.05) is 32.4 Å². The standard InChI is InChI=1S/C26H35N5O4/c1-34-18-17-31(15-5-4-8-20-12-11-19-7-6-14-27-24(19)28-20)16-13-22(25(32)33)30-26-29-21-9-2-3-10-23(21)35-26/h2-3,9-12,22H,4-8,13-18H2,1H3,(H,27,28)(H,29,30)(H,32,33)/t22-/m0/s1. The Morgan fingerprint density at radius 3 is 2.91 bits per heavy atom. The molecule has 0 saturated carbocycles. The summed E-state index contributed by atoms with van der Waals surface area (Å²) in [6.07, 6.45) is 5.66. The zero-order valence-corrected chi connectivity index (χ0v) is 20.3. The fourth-order valence-corrected chi connectivity index (χ4v) is 4.36. The van der Waals surface area contributed by atoms with Gasteiger partial charge in [-0.25, -0.2) is 9.78 Å².